The zero-order valence-electron chi connectivity index (χ0n) is 6.89. The van der Waals surface area contributed by atoms with Gasteiger partial charge in [-0.3, -0.25) is 0 Å². The highest BCUT2D eigenvalue weighted by Gasteiger charge is 2.21. The molecule has 0 radical (unpaired) electrons. The van der Waals surface area contributed by atoms with Gasteiger partial charge in [0.25, 0.3) is 0 Å². The lowest BCUT2D eigenvalue weighted by Gasteiger charge is -2.10. The molecule has 2 nitrogen and oxygen atoms in total. The van der Waals surface area contributed by atoms with Crippen molar-refractivity contribution in [2.24, 2.45) is 0 Å². The van der Waals surface area contributed by atoms with Crippen LogP contribution in [-0.2, 0) is 4.74 Å². The number of hydrogen-bond acceptors (Lipinski definition) is 2. The normalized spacial score (nSPS) is 33.0. The topological polar surface area (TPSA) is 21.3 Å². The molecule has 0 aliphatic carbocycles. The van der Waals surface area contributed by atoms with Crippen LogP contribution in [0, 0.1) is 0 Å². The summed E-state index contributed by atoms with van der Waals surface area (Å²) in [5.74, 6) is 0. The smallest absolute Gasteiger partial charge is 0.0615 e. The van der Waals surface area contributed by atoms with Gasteiger partial charge < -0.3 is 10.1 Å². The molecule has 1 saturated heterocycles. The van der Waals surface area contributed by atoms with Crippen molar-refractivity contribution >= 4 is 0 Å². The molecule has 0 aromatic heterocycles. The number of hydrogen-bond donors (Lipinski definition) is 1. The van der Waals surface area contributed by atoms with Crippen molar-refractivity contribution in [2.75, 3.05) is 13.7 Å². The van der Waals surface area contributed by atoms with E-state index in [4.69, 9.17) is 4.74 Å². The Morgan fingerprint density at radius 2 is 2.10 bits per heavy atom. The van der Waals surface area contributed by atoms with Gasteiger partial charge in [-0.2, -0.15) is 0 Å². The number of nitrogens with one attached hydrogen (secondary N) is 1. The molecular formula is C8H17NO. The first kappa shape index (κ1) is 8.02. The van der Waals surface area contributed by atoms with Crippen molar-refractivity contribution in [3.63, 3.8) is 0 Å². The van der Waals surface area contributed by atoms with Crippen LogP contribution < -0.4 is 5.32 Å². The lowest BCUT2D eigenvalue weighted by molar-refractivity contribution is 0.171. The van der Waals surface area contributed by atoms with Gasteiger partial charge in [-0.05, 0) is 19.3 Å². The summed E-state index contributed by atoms with van der Waals surface area (Å²) < 4.78 is 5.06. The third-order valence-corrected chi connectivity index (χ3v) is 2.20. The van der Waals surface area contributed by atoms with Crippen LogP contribution in [-0.4, -0.2) is 25.8 Å². The van der Waals surface area contributed by atoms with Crippen LogP contribution in [0.4, 0.5) is 0 Å². The number of methoxy groups -OCH3 is 1. The zero-order chi connectivity index (χ0) is 7.40. The number of ether oxygens (including phenoxy) is 1. The Kier molecular flexibility index (Phi) is 3.16. The quantitative estimate of drug-likeness (QED) is 0.640. The van der Waals surface area contributed by atoms with E-state index in [2.05, 4.69) is 12.2 Å². The van der Waals surface area contributed by atoms with E-state index in [1.165, 1.54) is 19.3 Å². The molecule has 1 N–H and O–H groups in total. The van der Waals surface area contributed by atoms with Gasteiger partial charge in [0, 0.05) is 19.2 Å². The summed E-state index contributed by atoms with van der Waals surface area (Å²) >= 11 is 0. The molecule has 0 bridgehead atoms. The van der Waals surface area contributed by atoms with E-state index >= 15 is 0 Å². The Morgan fingerprint density at radius 1 is 1.40 bits per heavy atom. The van der Waals surface area contributed by atoms with E-state index in [9.17, 15) is 0 Å². The largest absolute Gasteiger partial charge is 0.383 e. The first-order chi connectivity index (χ1) is 4.86. The molecule has 0 saturated carbocycles. The highest BCUT2D eigenvalue weighted by Crippen LogP contribution is 2.14. The highest BCUT2D eigenvalue weighted by atomic mass is 16.5. The molecule has 2 atom stereocenters. The van der Waals surface area contributed by atoms with E-state index in [1.807, 2.05) is 0 Å². The Hall–Kier alpha value is -0.0800. The summed E-state index contributed by atoms with van der Waals surface area (Å²) in [6, 6.07) is 1.37. The minimum atomic E-state index is 0.620. The van der Waals surface area contributed by atoms with Crippen LogP contribution in [0.25, 0.3) is 0 Å². The van der Waals surface area contributed by atoms with E-state index < -0.39 is 0 Å². The molecule has 1 rings (SSSR count). The summed E-state index contributed by atoms with van der Waals surface area (Å²) in [6.07, 6.45) is 3.86. The molecule has 1 aliphatic rings. The Bertz CT molecular complexity index is 95.3. The first-order valence-corrected chi connectivity index (χ1v) is 4.11. The maximum Gasteiger partial charge on any atom is 0.0615 e. The van der Waals surface area contributed by atoms with Crippen molar-refractivity contribution < 1.29 is 4.74 Å². The van der Waals surface area contributed by atoms with Crippen LogP contribution in [0.5, 0.6) is 0 Å². The fraction of sp³-hybridized carbons (Fsp3) is 1.00. The minimum Gasteiger partial charge on any atom is -0.383 e. The predicted molar refractivity (Wildman–Crippen MR) is 42.1 cm³/mol. The standard InChI is InChI=1S/C8H17NO/c1-3-7-4-5-8(9-7)6-10-2/h7-9H,3-6H2,1-2H3. The van der Waals surface area contributed by atoms with Gasteiger partial charge in [0.2, 0.25) is 0 Å². The van der Waals surface area contributed by atoms with Crippen LogP contribution in [0.3, 0.4) is 0 Å². The van der Waals surface area contributed by atoms with Crippen molar-refractivity contribution in [3.05, 3.63) is 0 Å². The summed E-state index contributed by atoms with van der Waals surface area (Å²) in [4.78, 5) is 0. The summed E-state index contributed by atoms with van der Waals surface area (Å²) in [5, 5.41) is 3.52. The summed E-state index contributed by atoms with van der Waals surface area (Å²) in [7, 11) is 1.76. The van der Waals surface area contributed by atoms with Crippen molar-refractivity contribution in [3.8, 4) is 0 Å². The van der Waals surface area contributed by atoms with Gasteiger partial charge in [-0.15, -0.1) is 0 Å². The van der Waals surface area contributed by atoms with Gasteiger partial charge in [0.15, 0.2) is 0 Å². The second kappa shape index (κ2) is 3.94. The molecule has 10 heavy (non-hydrogen) atoms. The Morgan fingerprint density at radius 3 is 2.60 bits per heavy atom. The molecular weight excluding hydrogens is 126 g/mol. The Balaban J connectivity index is 2.15. The van der Waals surface area contributed by atoms with Gasteiger partial charge in [0.1, 0.15) is 0 Å². The SMILES string of the molecule is CCC1CCC(COC)N1. The van der Waals surface area contributed by atoms with Crippen molar-refractivity contribution in [2.45, 2.75) is 38.3 Å². The molecule has 1 aliphatic heterocycles. The van der Waals surface area contributed by atoms with Gasteiger partial charge in [-0.1, -0.05) is 6.92 Å². The molecule has 1 fully saturated rings. The average molecular weight is 143 g/mol. The van der Waals surface area contributed by atoms with E-state index in [1.54, 1.807) is 7.11 Å². The lowest BCUT2D eigenvalue weighted by Crippen LogP contribution is -2.31. The molecule has 2 heteroatoms. The summed E-state index contributed by atoms with van der Waals surface area (Å²) in [6.45, 7) is 3.10. The second-order valence-corrected chi connectivity index (χ2v) is 3.00. The van der Waals surface area contributed by atoms with Gasteiger partial charge >= 0.3 is 0 Å². The van der Waals surface area contributed by atoms with E-state index in [0.717, 1.165) is 12.6 Å². The van der Waals surface area contributed by atoms with Crippen LogP contribution in [0.15, 0.2) is 0 Å². The van der Waals surface area contributed by atoms with Crippen LogP contribution in [0.2, 0.25) is 0 Å². The monoisotopic (exact) mass is 143 g/mol. The second-order valence-electron chi connectivity index (χ2n) is 3.00. The maximum atomic E-state index is 5.06. The fourth-order valence-electron chi connectivity index (χ4n) is 1.56. The lowest BCUT2D eigenvalue weighted by atomic mass is 10.2. The van der Waals surface area contributed by atoms with E-state index in [0.29, 0.717) is 6.04 Å². The highest BCUT2D eigenvalue weighted by molar-refractivity contribution is 4.81. The molecule has 2 unspecified atom stereocenters. The van der Waals surface area contributed by atoms with Crippen LogP contribution in [0.1, 0.15) is 26.2 Å². The minimum absolute atomic E-state index is 0.620. The van der Waals surface area contributed by atoms with Gasteiger partial charge in [-0.25, -0.2) is 0 Å². The van der Waals surface area contributed by atoms with Crippen LogP contribution >= 0.6 is 0 Å². The van der Waals surface area contributed by atoms with Crippen molar-refractivity contribution in [1.82, 2.24) is 5.32 Å². The zero-order valence-corrected chi connectivity index (χ0v) is 6.89. The van der Waals surface area contributed by atoms with Crippen molar-refractivity contribution in [1.29, 1.82) is 0 Å². The Labute approximate surface area is 63.0 Å². The molecule has 0 aromatic carbocycles. The number of rotatable bonds is 3. The summed E-state index contributed by atoms with van der Waals surface area (Å²) in [5.41, 5.74) is 0. The fourth-order valence-corrected chi connectivity index (χ4v) is 1.56. The molecule has 0 spiro atoms. The van der Waals surface area contributed by atoms with E-state index in [-0.39, 0.29) is 0 Å². The molecule has 60 valence electrons. The molecule has 0 amide bonds. The molecule has 1 heterocycles. The predicted octanol–water partition coefficient (Wildman–Crippen LogP) is 1.16. The third-order valence-electron chi connectivity index (χ3n) is 2.20. The third kappa shape index (κ3) is 1.96. The maximum absolute atomic E-state index is 5.06. The van der Waals surface area contributed by atoms with Gasteiger partial charge in [0.05, 0.1) is 6.61 Å². The first-order valence-electron chi connectivity index (χ1n) is 4.11. The molecule has 0 aromatic rings. The average Bonchev–Trinajstić information content (AvgIpc) is 2.37.